The number of benzene rings is 2. The molecule has 0 bridgehead atoms. The van der Waals surface area contributed by atoms with E-state index in [9.17, 15) is 18.0 Å². The van der Waals surface area contributed by atoms with E-state index in [4.69, 9.17) is 32.7 Å². The number of amides is 2. The lowest BCUT2D eigenvalue weighted by Gasteiger charge is -2.31. The van der Waals surface area contributed by atoms with E-state index in [0.717, 1.165) is 10.6 Å². The van der Waals surface area contributed by atoms with Gasteiger partial charge in [0.05, 0.1) is 36.2 Å². The summed E-state index contributed by atoms with van der Waals surface area (Å²) in [6.45, 7) is 3.14. The van der Waals surface area contributed by atoms with Crippen LogP contribution in [0.2, 0.25) is 10.0 Å². The molecule has 0 saturated heterocycles. The molecule has 2 rings (SSSR count). The van der Waals surface area contributed by atoms with Crippen molar-refractivity contribution in [3.63, 3.8) is 0 Å². The minimum Gasteiger partial charge on any atom is -0.497 e. The third-order valence-electron chi connectivity index (χ3n) is 5.19. The van der Waals surface area contributed by atoms with Crippen molar-refractivity contribution in [1.29, 1.82) is 0 Å². The summed E-state index contributed by atoms with van der Waals surface area (Å²) in [6.07, 6.45) is 0.987. The molecule has 0 aromatic heterocycles. The van der Waals surface area contributed by atoms with Crippen LogP contribution in [0.25, 0.3) is 0 Å². The average molecular weight is 546 g/mol. The molecule has 0 aliphatic carbocycles. The molecular formula is C23H29Cl2N3O6S. The molecule has 0 aliphatic heterocycles. The van der Waals surface area contributed by atoms with Crippen molar-refractivity contribution in [3.8, 4) is 11.5 Å². The zero-order valence-corrected chi connectivity index (χ0v) is 22.5. The molecule has 35 heavy (non-hydrogen) atoms. The van der Waals surface area contributed by atoms with Crippen LogP contribution >= 0.6 is 23.2 Å². The molecule has 12 heteroatoms. The monoisotopic (exact) mass is 545 g/mol. The Bertz CT molecular complexity index is 1180. The van der Waals surface area contributed by atoms with Gasteiger partial charge < -0.3 is 19.7 Å². The van der Waals surface area contributed by atoms with Gasteiger partial charge in [0.2, 0.25) is 21.8 Å². The molecule has 1 N–H and O–H groups in total. The summed E-state index contributed by atoms with van der Waals surface area (Å²) in [7, 11) is -1.06. The van der Waals surface area contributed by atoms with Crippen LogP contribution in [0, 0.1) is 0 Å². The van der Waals surface area contributed by atoms with Crippen molar-refractivity contribution in [1.82, 2.24) is 10.2 Å². The summed E-state index contributed by atoms with van der Waals surface area (Å²) in [6, 6.07) is 8.53. The molecule has 0 heterocycles. The van der Waals surface area contributed by atoms with Crippen LogP contribution in [0.1, 0.15) is 19.4 Å². The first-order chi connectivity index (χ1) is 16.4. The van der Waals surface area contributed by atoms with Gasteiger partial charge in [-0.1, -0.05) is 29.3 Å². The predicted octanol–water partition coefficient (Wildman–Crippen LogP) is 3.33. The molecule has 0 saturated carbocycles. The Kier molecular flexibility index (Phi) is 10.1. The molecule has 2 aromatic carbocycles. The maximum Gasteiger partial charge on any atom is 0.244 e. The number of nitrogens with one attached hydrogen (secondary N) is 1. The lowest BCUT2D eigenvalue weighted by atomic mass is 10.1. The van der Waals surface area contributed by atoms with Gasteiger partial charge in [0.1, 0.15) is 24.1 Å². The van der Waals surface area contributed by atoms with Gasteiger partial charge in [-0.05, 0) is 43.7 Å². The van der Waals surface area contributed by atoms with Crippen LogP contribution in [0.3, 0.4) is 0 Å². The molecule has 1 unspecified atom stereocenters. The molecule has 9 nitrogen and oxygen atoms in total. The van der Waals surface area contributed by atoms with Gasteiger partial charge in [-0.2, -0.15) is 0 Å². The maximum absolute atomic E-state index is 13.5. The lowest BCUT2D eigenvalue weighted by Crippen LogP contribution is -2.51. The molecule has 1 atom stereocenters. The number of ether oxygens (including phenoxy) is 2. The Morgan fingerprint density at radius 1 is 1.06 bits per heavy atom. The van der Waals surface area contributed by atoms with Crippen molar-refractivity contribution in [3.05, 3.63) is 52.0 Å². The van der Waals surface area contributed by atoms with E-state index in [-0.39, 0.29) is 23.9 Å². The Morgan fingerprint density at radius 3 is 2.29 bits per heavy atom. The van der Waals surface area contributed by atoms with Crippen molar-refractivity contribution >= 4 is 50.7 Å². The van der Waals surface area contributed by atoms with E-state index in [2.05, 4.69) is 5.32 Å². The first-order valence-electron chi connectivity index (χ1n) is 10.6. The Morgan fingerprint density at radius 2 is 1.74 bits per heavy atom. The number of hydrogen-bond acceptors (Lipinski definition) is 6. The molecule has 0 aliphatic rings. The number of carbonyl (C=O) groups is 2. The second kappa shape index (κ2) is 12.3. The topological polar surface area (TPSA) is 105 Å². The zero-order chi connectivity index (χ0) is 26.3. The van der Waals surface area contributed by atoms with E-state index >= 15 is 0 Å². The first-order valence-corrected chi connectivity index (χ1v) is 13.2. The summed E-state index contributed by atoms with van der Waals surface area (Å²) < 4.78 is 36.9. The lowest BCUT2D eigenvalue weighted by molar-refractivity contribution is -0.139. The normalized spacial score (nSPS) is 12.0. The first kappa shape index (κ1) is 28.5. The van der Waals surface area contributed by atoms with Crippen LogP contribution in [0.15, 0.2) is 36.4 Å². The summed E-state index contributed by atoms with van der Waals surface area (Å²) in [5, 5.41) is 3.33. The van der Waals surface area contributed by atoms with Crippen molar-refractivity contribution in [2.75, 3.05) is 37.9 Å². The smallest absolute Gasteiger partial charge is 0.244 e. The van der Waals surface area contributed by atoms with Crippen molar-refractivity contribution in [2.24, 2.45) is 0 Å². The molecule has 0 fully saturated rings. The highest BCUT2D eigenvalue weighted by atomic mass is 35.5. The third kappa shape index (κ3) is 7.39. The molecule has 0 spiro atoms. The molecule has 0 radical (unpaired) electrons. The number of halogens is 2. The summed E-state index contributed by atoms with van der Waals surface area (Å²) in [5.74, 6) is -0.321. The number of carbonyl (C=O) groups excluding carboxylic acids is 2. The number of sulfonamides is 1. The molecule has 2 aromatic rings. The summed E-state index contributed by atoms with van der Waals surface area (Å²) in [4.78, 5) is 27.4. The van der Waals surface area contributed by atoms with E-state index in [1.807, 2.05) is 0 Å². The quantitative estimate of drug-likeness (QED) is 0.464. The number of nitrogens with zero attached hydrogens (tertiary/aromatic N) is 2. The minimum atomic E-state index is -3.91. The number of methoxy groups -OCH3 is 2. The average Bonchev–Trinajstić information content (AvgIpc) is 2.81. The number of likely N-dealkylation sites (N-methyl/N-ethyl adjacent to an activating group) is 1. The SMILES string of the molecule is CCNC(=O)C(C)N(Cc1ccc(Cl)c(Cl)c1)C(=O)CN(c1ccc(OC)cc1OC)S(C)(=O)=O. The fourth-order valence-corrected chi connectivity index (χ4v) is 4.50. The van der Waals surface area contributed by atoms with E-state index in [1.165, 1.54) is 31.3 Å². The van der Waals surface area contributed by atoms with Gasteiger partial charge in [0, 0.05) is 19.2 Å². The van der Waals surface area contributed by atoms with Gasteiger partial charge in [0.15, 0.2) is 0 Å². The highest BCUT2D eigenvalue weighted by Gasteiger charge is 2.31. The Hall–Kier alpha value is -2.69. The van der Waals surface area contributed by atoms with Crippen molar-refractivity contribution < 1.29 is 27.5 Å². The number of hydrogen-bond donors (Lipinski definition) is 1. The van der Waals surface area contributed by atoms with Crippen LogP contribution in [-0.4, -0.2) is 64.7 Å². The van der Waals surface area contributed by atoms with Gasteiger partial charge in [-0.15, -0.1) is 0 Å². The van der Waals surface area contributed by atoms with Gasteiger partial charge in [-0.3, -0.25) is 13.9 Å². The van der Waals surface area contributed by atoms with Crippen LogP contribution < -0.4 is 19.1 Å². The fourth-order valence-electron chi connectivity index (χ4n) is 3.32. The Labute approximate surface area is 215 Å². The minimum absolute atomic E-state index is 0.00533. The predicted molar refractivity (Wildman–Crippen MR) is 137 cm³/mol. The molecule has 2 amide bonds. The largest absolute Gasteiger partial charge is 0.497 e. The van der Waals surface area contributed by atoms with E-state index < -0.39 is 28.5 Å². The standard InChI is InChI=1S/C23H29Cl2N3O6S/c1-6-26-23(30)15(2)27(13-16-7-9-18(24)19(25)11-16)22(29)14-28(35(5,31)32)20-10-8-17(33-3)12-21(20)34-4/h7-12,15H,6,13-14H2,1-5H3,(H,26,30). The second-order valence-corrected chi connectivity index (χ2v) is 10.4. The molecular weight excluding hydrogens is 517 g/mol. The van der Waals surface area contributed by atoms with Crippen molar-refractivity contribution in [2.45, 2.75) is 26.4 Å². The third-order valence-corrected chi connectivity index (χ3v) is 7.06. The number of rotatable bonds is 11. The van der Waals surface area contributed by atoms with Gasteiger partial charge >= 0.3 is 0 Å². The second-order valence-electron chi connectivity index (χ2n) is 7.65. The van der Waals surface area contributed by atoms with E-state index in [1.54, 1.807) is 38.1 Å². The number of anilines is 1. The summed E-state index contributed by atoms with van der Waals surface area (Å²) >= 11 is 12.1. The summed E-state index contributed by atoms with van der Waals surface area (Å²) in [5.41, 5.74) is 0.779. The highest BCUT2D eigenvalue weighted by Crippen LogP contribution is 2.34. The highest BCUT2D eigenvalue weighted by molar-refractivity contribution is 7.92. The maximum atomic E-state index is 13.5. The Balaban J connectivity index is 2.47. The van der Waals surface area contributed by atoms with Gasteiger partial charge in [0.25, 0.3) is 0 Å². The zero-order valence-electron chi connectivity index (χ0n) is 20.2. The fraction of sp³-hybridized carbons (Fsp3) is 0.391. The van der Waals surface area contributed by atoms with Crippen LogP contribution in [0.4, 0.5) is 5.69 Å². The van der Waals surface area contributed by atoms with Crippen LogP contribution in [0.5, 0.6) is 11.5 Å². The molecule has 192 valence electrons. The van der Waals surface area contributed by atoms with E-state index in [0.29, 0.717) is 27.9 Å². The van der Waals surface area contributed by atoms with Gasteiger partial charge in [-0.25, -0.2) is 8.42 Å². The van der Waals surface area contributed by atoms with Crippen LogP contribution in [-0.2, 0) is 26.2 Å².